The SMILES string of the molecule is CC(C)N1CCCN(C(=O)c2ccccn2)c2cc(F)ccc2CN(C(=O)c2n[nH]c(=O)c3ccccc23)CC1. The minimum atomic E-state index is -0.484. The van der Waals surface area contributed by atoms with Gasteiger partial charge in [-0.2, -0.15) is 5.10 Å². The van der Waals surface area contributed by atoms with Crippen LogP contribution in [-0.4, -0.2) is 69.0 Å². The first-order valence-corrected chi connectivity index (χ1v) is 13.4. The van der Waals surface area contributed by atoms with Crippen LogP contribution in [0, 0.1) is 5.82 Å². The van der Waals surface area contributed by atoms with E-state index in [-0.39, 0.29) is 41.3 Å². The fraction of sp³-hybridized carbons (Fsp3) is 0.300. The van der Waals surface area contributed by atoms with E-state index in [1.807, 2.05) is 0 Å². The predicted octanol–water partition coefficient (Wildman–Crippen LogP) is 3.86. The summed E-state index contributed by atoms with van der Waals surface area (Å²) in [5.41, 5.74) is 1.02. The summed E-state index contributed by atoms with van der Waals surface area (Å²) in [6.07, 6.45) is 2.20. The summed E-state index contributed by atoms with van der Waals surface area (Å²) in [7, 11) is 0. The molecule has 0 spiro atoms. The Kier molecular flexibility index (Phi) is 7.97. The van der Waals surface area contributed by atoms with E-state index in [0.717, 1.165) is 0 Å². The number of carbonyl (C=O) groups is 2. The molecule has 0 unspecified atom stereocenters. The maximum absolute atomic E-state index is 14.6. The van der Waals surface area contributed by atoms with Gasteiger partial charge in [0, 0.05) is 50.3 Å². The normalized spacial score (nSPS) is 15.1. The summed E-state index contributed by atoms with van der Waals surface area (Å²) < 4.78 is 14.6. The summed E-state index contributed by atoms with van der Waals surface area (Å²) in [5, 5.41) is 7.40. The Balaban J connectivity index is 1.60. The van der Waals surface area contributed by atoms with Crippen LogP contribution in [-0.2, 0) is 6.54 Å². The molecule has 1 aliphatic heterocycles. The van der Waals surface area contributed by atoms with Crippen molar-refractivity contribution >= 4 is 28.3 Å². The van der Waals surface area contributed by atoms with Crippen LogP contribution in [0.4, 0.5) is 10.1 Å². The van der Waals surface area contributed by atoms with Gasteiger partial charge in [0.15, 0.2) is 5.69 Å². The molecule has 0 saturated heterocycles. The van der Waals surface area contributed by atoms with Crippen LogP contribution in [0.1, 0.15) is 46.8 Å². The van der Waals surface area contributed by atoms with Gasteiger partial charge in [0.05, 0.1) is 11.1 Å². The van der Waals surface area contributed by atoms with E-state index in [1.54, 1.807) is 64.5 Å². The lowest BCUT2D eigenvalue weighted by molar-refractivity contribution is 0.0707. The third kappa shape index (κ3) is 5.62. The third-order valence-corrected chi connectivity index (χ3v) is 7.23. The summed E-state index contributed by atoms with van der Waals surface area (Å²) >= 11 is 0. The molecule has 1 N–H and O–H groups in total. The highest BCUT2D eigenvalue weighted by molar-refractivity contribution is 6.06. The number of rotatable bonds is 3. The van der Waals surface area contributed by atoms with Gasteiger partial charge in [0.2, 0.25) is 0 Å². The molecule has 9 nitrogen and oxygen atoms in total. The minimum Gasteiger partial charge on any atom is -0.332 e. The van der Waals surface area contributed by atoms with Crippen LogP contribution in [0.2, 0.25) is 0 Å². The summed E-state index contributed by atoms with van der Waals surface area (Å²) in [6.45, 7) is 6.28. The second-order valence-corrected chi connectivity index (χ2v) is 10.1. The number of amides is 2. The number of nitrogens with zero attached hydrogens (tertiary/aromatic N) is 5. The van der Waals surface area contributed by atoms with Crippen LogP contribution in [0.5, 0.6) is 0 Å². The van der Waals surface area contributed by atoms with E-state index in [2.05, 4.69) is 33.9 Å². The maximum atomic E-state index is 14.6. The molecule has 3 heterocycles. The van der Waals surface area contributed by atoms with Gasteiger partial charge < -0.3 is 9.80 Å². The van der Waals surface area contributed by atoms with E-state index in [0.29, 0.717) is 54.6 Å². The summed E-state index contributed by atoms with van der Waals surface area (Å²) in [6, 6.07) is 16.4. The number of fused-ring (bicyclic) bond motifs is 2. The zero-order chi connectivity index (χ0) is 28.2. The molecule has 2 aromatic carbocycles. The largest absolute Gasteiger partial charge is 0.332 e. The molecule has 4 aromatic rings. The fourth-order valence-electron chi connectivity index (χ4n) is 5.08. The van der Waals surface area contributed by atoms with E-state index in [9.17, 15) is 18.8 Å². The van der Waals surface area contributed by atoms with Crippen molar-refractivity contribution in [3.63, 3.8) is 0 Å². The standard InChI is InChI=1S/C30H31FN6O3/c1-20(2)35-14-7-15-37(29(39)25-10-5-6-13-32-25)26-18-22(31)12-11-21(26)19-36(17-16-35)30(40)27-23-8-3-4-9-24(23)28(38)34-33-27/h3-6,8-13,18,20H,7,14-17,19H2,1-2H3,(H,34,38). The molecule has 206 valence electrons. The molecule has 1 aliphatic rings. The van der Waals surface area contributed by atoms with E-state index >= 15 is 0 Å². The van der Waals surface area contributed by atoms with E-state index in [4.69, 9.17) is 0 Å². The summed E-state index contributed by atoms with van der Waals surface area (Å²) in [4.78, 5) is 49.7. The second kappa shape index (κ2) is 11.7. The highest BCUT2D eigenvalue weighted by Gasteiger charge is 2.27. The van der Waals surface area contributed by atoms with Gasteiger partial charge in [-0.25, -0.2) is 9.49 Å². The Hall–Kier alpha value is -4.44. The van der Waals surface area contributed by atoms with Crippen LogP contribution in [0.15, 0.2) is 71.7 Å². The molecular weight excluding hydrogens is 511 g/mol. The number of nitrogens with one attached hydrogen (secondary N) is 1. The smallest absolute Gasteiger partial charge is 0.276 e. The average Bonchev–Trinajstić information content (AvgIpc) is 3.00. The van der Waals surface area contributed by atoms with Gasteiger partial charge >= 0.3 is 0 Å². The molecule has 0 aliphatic carbocycles. The molecule has 40 heavy (non-hydrogen) atoms. The first-order valence-electron chi connectivity index (χ1n) is 13.4. The van der Waals surface area contributed by atoms with Crippen molar-refractivity contribution < 1.29 is 14.0 Å². The van der Waals surface area contributed by atoms with Gasteiger partial charge in [0.1, 0.15) is 11.5 Å². The topological polar surface area (TPSA) is 102 Å². The number of benzene rings is 2. The monoisotopic (exact) mass is 542 g/mol. The molecule has 0 radical (unpaired) electrons. The van der Waals surface area contributed by atoms with Gasteiger partial charge in [-0.15, -0.1) is 0 Å². The Morgan fingerprint density at radius 3 is 2.45 bits per heavy atom. The summed E-state index contributed by atoms with van der Waals surface area (Å²) in [5.74, 6) is -1.19. The Morgan fingerprint density at radius 1 is 0.925 bits per heavy atom. The Labute approximate surface area is 231 Å². The number of halogens is 1. The third-order valence-electron chi connectivity index (χ3n) is 7.23. The first kappa shape index (κ1) is 27.1. The molecule has 0 saturated carbocycles. The molecular formula is C30H31FN6O3. The molecule has 2 aromatic heterocycles. The van der Waals surface area contributed by atoms with Crippen LogP contribution < -0.4 is 10.5 Å². The van der Waals surface area contributed by atoms with Gasteiger partial charge in [0.25, 0.3) is 17.4 Å². The molecule has 10 heteroatoms. The first-order chi connectivity index (χ1) is 19.3. The highest BCUT2D eigenvalue weighted by Crippen LogP contribution is 2.27. The van der Waals surface area contributed by atoms with Crippen molar-refractivity contribution in [3.8, 4) is 0 Å². The number of aromatic nitrogens is 3. The molecule has 5 rings (SSSR count). The lowest BCUT2D eigenvalue weighted by atomic mass is 10.1. The Morgan fingerprint density at radius 2 is 1.70 bits per heavy atom. The molecule has 0 fully saturated rings. The predicted molar refractivity (Wildman–Crippen MR) is 151 cm³/mol. The fourth-order valence-corrected chi connectivity index (χ4v) is 5.08. The number of carbonyl (C=O) groups excluding carboxylic acids is 2. The zero-order valence-corrected chi connectivity index (χ0v) is 22.5. The second-order valence-electron chi connectivity index (χ2n) is 10.1. The number of pyridine rings is 1. The molecule has 0 bridgehead atoms. The van der Waals surface area contributed by atoms with Crippen molar-refractivity contribution in [2.24, 2.45) is 0 Å². The highest BCUT2D eigenvalue weighted by atomic mass is 19.1. The van der Waals surface area contributed by atoms with Gasteiger partial charge in [-0.1, -0.05) is 30.3 Å². The van der Waals surface area contributed by atoms with Crippen LogP contribution in [0.25, 0.3) is 10.8 Å². The maximum Gasteiger partial charge on any atom is 0.276 e. The van der Waals surface area contributed by atoms with Gasteiger partial charge in [-0.05, 0) is 56.2 Å². The van der Waals surface area contributed by atoms with E-state index in [1.165, 1.54) is 12.1 Å². The number of anilines is 1. The van der Waals surface area contributed by atoms with Crippen molar-refractivity contribution in [1.29, 1.82) is 0 Å². The lowest BCUT2D eigenvalue weighted by Crippen LogP contribution is -2.41. The van der Waals surface area contributed by atoms with Crippen LogP contribution >= 0.6 is 0 Å². The molecule has 2 amide bonds. The van der Waals surface area contributed by atoms with Crippen molar-refractivity contribution in [3.05, 3.63) is 100.0 Å². The lowest BCUT2D eigenvalue weighted by Gasteiger charge is -2.30. The van der Waals surface area contributed by atoms with Crippen molar-refractivity contribution in [1.82, 2.24) is 25.0 Å². The number of hydrogen-bond acceptors (Lipinski definition) is 6. The zero-order valence-electron chi connectivity index (χ0n) is 22.5. The van der Waals surface area contributed by atoms with E-state index < -0.39 is 5.82 Å². The Bertz CT molecular complexity index is 1590. The van der Waals surface area contributed by atoms with Crippen molar-refractivity contribution in [2.45, 2.75) is 32.9 Å². The number of hydrogen-bond donors (Lipinski definition) is 1. The number of H-pyrrole nitrogens is 1. The van der Waals surface area contributed by atoms with Crippen LogP contribution in [0.3, 0.4) is 0 Å². The quantitative estimate of drug-likeness (QED) is 0.422. The van der Waals surface area contributed by atoms with Crippen molar-refractivity contribution in [2.75, 3.05) is 31.1 Å². The minimum absolute atomic E-state index is 0.113. The number of aromatic amines is 1. The van der Waals surface area contributed by atoms with Gasteiger partial charge in [-0.3, -0.25) is 24.3 Å². The average molecular weight is 543 g/mol. The molecule has 0 atom stereocenters.